The summed E-state index contributed by atoms with van der Waals surface area (Å²) in [6, 6.07) is 4.04. The minimum Gasteiger partial charge on any atom is -0.368 e. The van der Waals surface area contributed by atoms with Crippen molar-refractivity contribution in [3.8, 4) is 0 Å². The SMILES string of the molecule is CC[C@@H](C(N)=O)N1CC(Cc2cc(C)ccc2S(=O)(=O)O)CC1=O. The van der Waals surface area contributed by atoms with Crippen LogP contribution in [0.1, 0.15) is 30.9 Å². The zero-order valence-corrected chi connectivity index (χ0v) is 14.5. The Balaban J connectivity index is 2.23. The fourth-order valence-corrected chi connectivity index (χ4v) is 3.97. The Morgan fingerprint density at radius 1 is 1.46 bits per heavy atom. The smallest absolute Gasteiger partial charge is 0.294 e. The van der Waals surface area contributed by atoms with E-state index in [0.29, 0.717) is 24.9 Å². The van der Waals surface area contributed by atoms with Gasteiger partial charge in [0, 0.05) is 13.0 Å². The van der Waals surface area contributed by atoms with Gasteiger partial charge < -0.3 is 10.6 Å². The summed E-state index contributed by atoms with van der Waals surface area (Å²) >= 11 is 0. The molecule has 1 saturated heterocycles. The van der Waals surface area contributed by atoms with Crippen LogP contribution in [0.4, 0.5) is 0 Å². The molecule has 0 spiro atoms. The number of aryl methyl sites for hydroxylation is 1. The lowest BCUT2D eigenvalue weighted by Gasteiger charge is -2.24. The predicted molar refractivity (Wildman–Crippen MR) is 87.8 cm³/mol. The van der Waals surface area contributed by atoms with Gasteiger partial charge in [0.25, 0.3) is 10.1 Å². The van der Waals surface area contributed by atoms with Gasteiger partial charge in [0.05, 0.1) is 4.90 Å². The second-order valence-corrected chi connectivity index (χ2v) is 7.62. The van der Waals surface area contributed by atoms with Gasteiger partial charge in [-0.15, -0.1) is 0 Å². The maximum Gasteiger partial charge on any atom is 0.294 e. The lowest BCUT2D eigenvalue weighted by molar-refractivity contribution is -0.136. The van der Waals surface area contributed by atoms with Gasteiger partial charge >= 0.3 is 0 Å². The molecule has 7 nitrogen and oxygen atoms in total. The fourth-order valence-electron chi connectivity index (χ4n) is 3.25. The van der Waals surface area contributed by atoms with Crippen molar-refractivity contribution in [2.75, 3.05) is 6.54 Å². The number of hydrogen-bond donors (Lipinski definition) is 2. The van der Waals surface area contributed by atoms with Crippen molar-refractivity contribution in [2.24, 2.45) is 11.7 Å². The number of rotatable bonds is 6. The van der Waals surface area contributed by atoms with E-state index in [1.165, 1.54) is 11.0 Å². The van der Waals surface area contributed by atoms with E-state index in [1.54, 1.807) is 19.1 Å². The first kappa shape index (κ1) is 18.4. The standard InChI is InChI=1S/C16H22N2O5S/c1-3-13(16(17)20)18-9-11(8-15(18)19)7-12-6-10(2)4-5-14(12)24(21,22)23/h4-6,11,13H,3,7-9H2,1-2H3,(H2,17,20)(H,21,22,23)/t11?,13-/m0/s1. The Hall–Kier alpha value is -1.93. The Kier molecular flexibility index (Phi) is 5.29. The molecule has 1 aliphatic heterocycles. The monoisotopic (exact) mass is 354 g/mol. The number of primary amides is 1. The molecule has 1 aromatic rings. The molecule has 8 heteroatoms. The molecule has 2 rings (SSSR count). The number of carbonyl (C=O) groups is 2. The maximum absolute atomic E-state index is 12.2. The van der Waals surface area contributed by atoms with Crippen molar-refractivity contribution >= 4 is 21.9 Å². The quantitative estimate of drug-likeness (QED) is 0.736. The minimum absolute atomic E-state index is 0.131. The van der Waals surface area contributed by atoms with Crippen LogP contribution < -0.4 is 5.73 Å². The average molecular weight is 354 g/mol. The Morgan fingerprint density at radius 3 is 2.67 bits per heavy atom. The van der Waals surface area contributed by atoms with Crippen molar-refractivity contribution in [2.45, 2.75) is 44.0 Å². The topological polar surface area (TPSA) is 118 Å². The summed E-state index contributed by atoms with van der Waals surface area (Å²) < 4.78 is 32.4. The molecule has 1 fully saturated rings. The number of amides is 2. The third-order valence-corrected chi connectivity index (χ3v) is 5.29. The predicted octanol–water partition coefficient (Wildman–Crippen LogP) is 0.897. The molecule has 1 unspecified atom stereocenters. The number of hydrogen-bond acceptors (Lipinski definition) is 4. The van der Waals surface area contributed by atoms with Crippen LogP contribution in [0.3, 0.4) is 0 Å². The first-order valence-corrected chi connectivity index (χ1v) is 9.23. The van der Waals surface area contributed by atoms with Gasteiger partial charge in [-0.3, -0.25) is 14.1 Å². The van der Waals surface area contributed by atoms with Crippen LogP contribution in [0, 0.1) is 12.8 Å². The molecule has 0 bridgehead atoms. The summed E-state index contributed by atoms with van der Waals surface area (Å²) in [6.45, 7) is 3.95. The molecular weight excluding hydrogens is 332 g/mol. The molecule has 2 amide bonds. The zero-order valence-electron chi connectivity index (χ0n) is 13.7. The highest BCUT2D eigenvalue weighted by atomic mass is 32.2. The second kappa shape index (κ2) is 6.90. The van der Waals surface area contributed by atoms with Crippen LogP contribution in [0.2, 0.25) is 0 Å². The summed E-state index contributed by atoms with van der Waals surface area (Å²) in [5.41, 5.74) is 6.68. The molecule has 0 aliphatic carbocycles. The van der Waals surface area contributed by atoms with Crippen LogP contribution in [-0.2, 0) is 26.1 Å². The molecule has 1 aromatic carbocycles. The normalized spacial score (nSPS) is 19.5. The van der Waals surface area contributed by atoms with Crippen molar-refractivity contribution in [1.82, 2.24) is 4.90 Å². The number of likely N-dealkylation sites (tertiary alicyclic amines) is 1. The minimum atomic E-state index is -4.33. The van der Waals surface area contributed by atoms with E-state index in [9.17, 15) is 22.6 Å². The fraction of sp³-hybridized carbons (Fsp3) is 0.500. The van der Waals surface area contributed by atoms with Gasteiger partial charge in [0.1, 0.15) is 6.04 Å². The molecule has 132 valence electrons. The molecule has 0 saturated carbocycles. The van der Waals surface area contributed by atoms with Crippen LogP contribution in [-0.4, -0.2) is 42.3 Å². The van der Waals surface area contributed by atoms with Gasteiger partial charge in [-0.25, -0.2) is 0 Å². The number of carbonyl (C=O) groups excluding carboxylic acids is 2. The van der Waals surface area contributed by atoms with E-state index in [4.69, 9.17) is 5.73 Å². The molecule has 3 N–H and O–H groups in total. The first-order valence-electron chi connectivity index (χ1n) is 7.79. The van der Waals surface area contributed by atoms with E-state index in [0.717, 1.165) is 5.56 Å². The van der Waals surface area contributed by atoms with Crippen molar-refractivity contribution in [3.05, 3.63) is 29.3 Å². The highest BCUT2D eigenvalue weighted by Crippen LogP contribution is 2.28. The van der Waals surface area contributed by atoms with E-state index in [1.807, 2.05) is 6.92 Å². The number of benzene rings is 1. The van der Waals surface area contributed by atoms with Crippen LogP contribution in [0.15, 0.2) is 23.1 Å². The number of nitrogens with two attached hydrogens (primary N) is 1. The second-order valence-electron chi connectivity index (χ2n) is 6.23. The van der Waals surface area contributed by atoms with E-state index in [-0.39, 0.29) is 23.1 Å². The summed E-state index contributed by atoms with van der Waals surface area (Å²) in [5, 5.41) is 0. The molecule has 1 heterocycles. The highest BCUT2D eigenvalue weighted by molar-refractivity contribution is 7.85. The Labute approximate surface area is 141 Å². The van der Waals surface area contributed by atoms with Crippen molar-refractivity contribution < 1.29 is 22.6 Å². The van der Waals surface area contributed by atoms with Gasteiger partial charge in [-0.05, 0) is 37.3 Å². The van der Waals surface area contributed by atoms with Crippen molar-refractivity contribution in [1.29, 1.82) is 0 Å². The molecule has 0 radical (unpaired) electrons. The van der Waals surface area contributed by atoms with Gasteiger partial charge in [0.15, 0.2) is 0 Å². The van der Waals surface area contributed by atoms with Crippen LogP contribution in [0.5, 0.6) is 0 Å². The zero-order chi connectivity index (χ0) is 18.1. The first-order chi connectivity index (χ1) is 11.1. The Morgan fingerprint density at radius 2 is 2.12 bits per heavy atom. The Bertz CT molecular complexity index is 760. The van der Waals surface area contributed by atoms with Crippen LogP contribution in [0.25, 0.3) is 0 Å². The van der Waals surface area contributed by atoms with Gasteiger partial charge in [-0.2, -0.15) is 8.42 Å². The lowest BCUT2D eigenvalue weighted by Crippen LogP contribution is -2.45. The third-order valence-electron chi connectivity index (χ3n) is 4.33. The molecule has 2 atom stereocenters. The lowest BCUT2D eigenvalue weighted by atomic mass is 9.97. The molecule has 1 aliphatic rings. The van der Waals surface area contributed by atoms with Gasteiger partial charge in [0.2, 0.25) is 11.8 Å². The maximum atomic E-state index is 12.2. The molecule has 0 aromatic heterocycles. The summed E-state index contributed by atoms with van der Waals surface area (Å²) in [7, 11) is -4.33. The number of nitrogens with zero attached hydrogens (tertiary/aromatic N) is 1. The molecule has 24 heavy (non-hydrogen) atoms. The van der Waals surface area contributed by atoms with Crippen molar-refractivity contribution in [3.63, 3.8) is 0 Å². The largest absolute Gasteiger partial charge is 0.368 e. The summed E-state index contributed by atoms with van der Waals surface area (Å²) in [5.74, 6) is -0.833. The van der Waals surface area contributed by atoms with Crippen LogP contribution >= 0.6 is 0 Å². The van der Waals surface area contributed by atoms with E-state index in [2.05, 4.69) is 0 Å². The molecular formula is C16H22N2O5S. The van der Waals surface area contributed by atoms with Gasteiger partial charge in [-0.1, -0.05) is 24.6 Å². The average Bonchev–Trinajstić information content (AvgIpc) is 2.78. The highest BCUT2D eigenvalue weighted by Gasteiger charge is 2.36. The van der Waals surface area contributed by atoms with E-state index < -0.39 is 22.1 Å². The third kappa shape index (κ3) is 3.93. The summed E-state index contributed by atoms with van der Waals surface area (Å²) in [4.78, 5) is 25.0. The summed E-state index contributed by atoms with van der Waals surface area (Å²) in [6.07, 6.45) is 0.991. The van der Waals surface area contributed by atoms with E-state index >= 15 is 0 Å².